The molecule has 1 atom stereocenters. The van der Waals surface area contributed by atoms with Gasteiger partial charge in [-0.05, 0) is 46.3 Å². The molecule has 0 aliphatic carbocycles. The Morgan fingerprint density at radius 2 is 1.81 bits per heavy atom. The first-order chi connectivity index (χ1) is 9.97. The van der Waals surface area contributed by atoms with Crippen molar-refractivity contribution in [2.24, 2.45) is 5.92 Å². The van der Waals surface area contributed by atoms with E-state index in [1.54, 1.807) is 0 Å². The fourth-order valence-corrected chi connectivity index (χ4v) is 3.38. The number of nitrogens with zero attached hydrogens (tertiary/aromatic N) is 3. The number of carbonyl (C=O) groups excluding carboxylic acids is 1. The summed E-state index contributed by atoms with van der Waals surface area (Å²) in [6, 6.07) is 0.473. The van der Waals surface area contributed by atoms with Crippen LogP contribution in [0.3, 0.4) is 0 Å². The van der Waals surface area contributed by atoms with E-state index in [1.165, 1.54) is 0 Å². The Hall–Kier alpha value is -1.14. The van der Waals surface area contributed by atoms with E-state index in [-0.39, 0.29) is 11.8 Å². The second kappa shape index (κ2) is 7.22. The van der Waals surface area contributed by atoms with Crippen LogP contribution in [0.25, 0.3) is 0 Å². The van der Waals surface area contributed by atoms with Crippen LogP contribution in [0.15, 0.2) is 0 Å². The average Bonchev–Trinajstić information content (AvgIpc) is 2.85. The Morgan fingerprint density at radius 3 is 2.38 bits per heavy atom. The van der Waals surface area contributed by atoms with Crippen molar-refractivity contribution in [1.29, 1.82) is 0 Å². The number of aliphatic carboxylic acids is 1. The maximum absolute atomic E-state index is 12.4. The Balaban J connectivity index is 1.80. The van der Waals surface area contributed by atoms with Crippen molar-refractivity contribution < 1.29 is 14.7 Å². The third-order valence-electron chi connectivity index (χ3n) is 4.61. The average molecular weight is 297 g/mol. The number of hydrogen-bond donors (Lipinski definition) is 1. The Morgan fingerprint density at radius 1 is 1.14 bits per heavy atom. The van der Waals surface area contributed by atoms with E-state index in [4.69, 9.17) is 5.11 Å². The molecule has 0 saturated carbocycles. The number of piperidine rings is 1. The van der Waals surface area contributed by atoms with E-state index in [0.29, 0.717) is 38.5 Å². The van der Waals surface area contributed by atoms with Gasteiger partial charge in [-0.2, -0.15) is 0 Å². The van der Waals surface area contributed by atoms with E-state index in [1.807, 2.05) is 4.90 Å². The molecule has 0 bridgehead atoms. The minimum absolute atomic E-state index is 0.157. The molecule has 0 aromatic carbocycles. The summed E-state index contributed by atoms with van der Waals surface area (Å²) in [5.74, 6) is -0.848. The maximum Gasteiger partial charge on any atom is 0.306 e. The van der Waals surface area contributed by atoms with E-state index in [9.17, 15) is 9.59 Å². The highest BCUT2D eigenvalue weighted by molar-refractivity contribution is 5.79. The maximum atomic E-state index is 12.4. The summed E-state index contributed by atoms with van der Waals surface area (Å²) in [6.45, 7) is 3.64. The van der Waals surface area contributed by atoms with Gasteiger partial charge < -0.3 is 14.9 Å². The van der Waals surface area contributed by atoms with Gasteiger partial charge in [0.1, 0.15) is 0 Å². The highest BCUT2D eigenvalue weighted by atomic mass is 16.4. The molecule has 2 aliphatic rings. The molecule has 2 aliphatic heterocycles. The fourth-order valence-electron chi connectivity index (χ4n) is 3.38. The summed E-state index contributed by atoms with van der Waals surface area (Å²) in [6.07, 6.45) is 3.49. The lowest BCUT2D eigenvalue weighted by Crippen LogP contribution is -2.47. The number of carbonyl (C=O) groups is 2. The Bertz CT molecular complexity index is 378. The molecule has 6 heteroatoms. The summed E-state index contributed by atoms with van der Waals surface area (Å²) in [7, 11) is 4.13. The fraction of sp³-hybridized carbons (Fsp3) is 0.867. The predicted molar refractivity (Wildman–Crippen MR) is 80.1 cm³/mol. The molecule has 0 aromatic rings. The molecule has 2 saturated heterocycles. The van der Waals surface area contributed by atoms with Gasteiger partial charge in [-0.3, -0.25) is 14.5 Å². The molecule has 1 N–H and O–H groups in total. The Labute approximate surface area is 126 Å². The molecule has 2 heterocycles. The second-order valence-electron chi connectivity index (χ2n) is 6.52. The SMILES string of the molecule is CN(C)CC1CCCN1CC(=O)N1CCC(C(=O)O)CC1. The summed E-state index contributed by atoms with van der Waals surface area (Å²) >= 11 is 0. The minimum atomic E-state index is -0.729. The third kappa shape index (κ3) is 4.41. The molecule has 1 unspecified atom stereocenters. The van der Waals surface area contributed by atoms with Crippen LogP contribution in [0.5, 0.6) is 0 Å². The second-order valence-corrected chi connectivity index (χ2v) is 6.52. The molecular formula is C15H27N3O3. The zero-order chi connectivity index (χ0) is 15.4. The van der Waals surface area contributed by atoms with Gasteiger partial charge in [0.2, 0.25) is 5.91 Å². The molecule has 1 amide bonds. The first-order valence-corrected chi connectivity index (χ1v) is 7.86. The summed E-state index contributed by atoms with van der Waals surface area (Å²) < 4.78 is 0. The number of hydrogen-bond acceptors (Lipinski definition) is 4. The van der Waals surface area contributed by atoms with Crippen molar-refractivity contribution in [2.45, 2.75) is 31.7 Å². The van der Waals surface area contributed by atoms with Crippen LogP contribution in [-0.2, 0) is 9.59 Å². The van der Waals surface area contributed by atoms with Gasteiger partial charge in [0.05, 0.1) is 12.5 Å². The summed E-state index contributed by atoms with van der Waals surface area (Å²) in [5, 5.41) is 9.00. The number of carboxylic acid groups (broad SMARTS) is 1. The van der Waals surface area contributed by atoms with Gasteiger partial charge in [0, 0.05) is 25.7 Å². The van der Waals surface area contributed by atoms with Crippen LogP contribution in [0.1, 0.15) is 25.7 Å². The number of carboxylic acids is 1. The highest BCUT2D eigenvalue weighted by Crippen LogP contribution is 2.20. The number of likely N-dealkylation sites (N-methyl/N-ethyl adjacent to an activating group) is 1. The summed E-state index contributed by atoms with van der Waals surface area (Å²) in [4.78, 5) is 29.6. The van der Waals surface area contributed by atoms with E-state index >= 15 is 0 Å². The van der Waals surface area contributed by atoms with Crippen LogP contribution in [0.4, 0.5) is 0 Å². The van der Waals surface area contributed by atoms with Gasteiger partial charge in [-0.15, -0.1) is 0 Å². The van der Waals surface area contributed by atoms with Gasteiger partial charge in [0.15, 0.2) is 0 Å². The summed E-state index contributed by atoms with van der Waals surface area (Å²) in [5.41, 5.74) is 0. The largest absolute Gasteiger partial charge is 0.481 e. The van der Waals surface area contributed by atoms with Crippen molar-refractivity contribution >= 4 is 11.9 Å². The van der Waals surface area contributed by atoms with Crippen molar-refractivity contribution in [3.05, 3.63) is 0 Å². The van der Waals surface area contributed by atoms with Crippen LogP contribution >= 0.6 is 0 Å². The first kappa shape index (κ1) is 16.2. The van der Waals surface area contributed by atoms with Gasteiger partial charge >= 0.3 is 5.97 Å². The first-order valence-electron chi connectivity index (χ1n) is 7.86. The van der Waals surface area contributed by atoms with E-state index in [2.05, 4.69) is 23.9 Å². The number of amides is 1. The predicted octanol–water partition coefficient (Wildman–Crippen LogP) is 0.336. The van der Waals surface area contributed by atoms with Gasteiger partial charge in [-0.1, -0.05) is 0 Å². The smallest absolute Gasteiger partial charge is 0.306 e. The van der Waals surface area contributed by atoms with Crippen LogP contribution in [0, 0.1) is 5.92 Å². The molecule has 120 valence electrons. The zero-order valence-electron chi connectivity index (χ0n) is 13.1. The molecule has 2 fully saturated rings. The Kier molecular flexibility index (Phi) is 5.58. The lowest BCUT2D eigenvalue weighted by molar-refractivity contribution is -0.146. The van der Waals surface area contributed by atoms with Crippen molar-refractivity contribution in [3.8, 4) is 0 Å². The van der Waals surface area contributed by atoms with E-state index in [0.717, 1.165) is 25.9 Å². The van der Waals surface area contributed by atoms with Crippen LogP contribution in [-0.4, -0.2) is 84.5 Å². The molecule has 0 aromatic heterocycles. The molecule has 6 nitrogen and oxygen atoms in total. The lowest BCUT2D eigenvalue weighted by atomic mass is 9.97. The van der Waals surface area contributed by atoms with Crippen LogP contribution in [0.2, 0.25) is 0 Å². The van der Waals surface area contributed by atoms with E-state index < -0.39 is 5.97 Å². The molecule has 0 radical (unpaired) electrons. The number of likely N-dealkylation sites (tertiary alicyclic amines) is 2. The van der Waals surface area contributed by atoms with Gasteiger partial charge in [-0.25, -0.2) is 0 Å². The lowest BCUT2D eigenvalue weighted by Gasteiger charge is -2.33. The van der Waals surface area contributed by atoms with Crippen molar-refractivity contribution in [1.82, 2.24) is 14.7 Å². The van der Waals surface area contributed by atoms with Crippen molar-refractivity contribution in [3.63, 3.8) is 0 Å². The quantitative estimate of drug-likeness (QED) is 0.792. The minimum Gasteiger partial charge on any atom is -0.481 e. The number of rotatable bonds is 5. The van der Waals surface area contributed by atoms with Gasteiger partial charge in [0.25, 0.3) is 0 Å². The third-order valence-corrected chi connectivity index (χ3v) is 4.61. The molecule has 2 rings (SSSR count). The molecular weight excluding hydrogens is 270 g/mol. The standard InChI is InChI=1S/C15H27N3O3/c1-16(2)10-13-4-3-7-18(13)11-14(19)17-8-5-12(6-9-17)15(20)21/h12-13H,3-11H2,1-2H3,(H,20,21). The molecule has 21 heavy (non-hydrogen) atoms. The van der Waals surface area contributed by atoms with Crippen molar-refractivity contribution in [2.75, 3.05) is 46.8 Å². The monoisotopic (exact) mass is 297 g/mol. The van der Waals surface area contributed by atoms with Crippen LogP contribution < -0.4 is 0 Å². The highest BCUT2D eigenvalue weighted by Gasteiger charge is 2.31. The molecule has 0 spiro atoms. The normalized spacial score (nSPS) is 24.7. The zero-order valence-corrected chi connectivity index (χ0v) is 13.1. The topological polar surface area (TPSA) is 64.1 Å².